The third-order valence-electron chi connectivity index (χ3n) is 3.31. The van der Waals surface area contributed by atoms with Crippen LogP contribution in [0.1, 0.15) is 43.7 Å². The van der Waals surface area contributed by atoms with Crippen LogP contribution in [0.4, 0.5) is 5.82 Å². The summed E-state index contributed by atoms with van der Waals surface area (Å²) in [6, 6.07) is 3.44. The number of carbonyl (C=O) groups is 1. The molecule has 0 aliphatic carbocycles. The Balaban J connectivity index is 2.80. The molecule has 112 valence electrons. The number of nitrogens with zero attached hydrogens (tertiary/aromatic N) is 2. The Morgan fingerprint density at radius 2 is 2.00 bits per heavy atom. The maximum atomic E-state index is 11.1. The van der Waals surface area contributed by atoms with E-state index in [1.54, 1.807) is 12.1 Å². The Bertz CT molecular complexity index is 445. The second-order valence-corrected chi connectivity index (χ2v) is 4.92. The van der Waals surface area contributed by atoms with Crippen LogP contribution in [-0.2, 0) is 6.42 Å². The van der Waals surface area contributed by atoms with Gasteiger partial charge in [0, 0.05) is 18.3 Å². The average molecular weight is 279 g/mol. The first-order chi connectivity index (χ1) is 9.49. The zero-order valence-electron chi connectivity index (χ0n) is 12.8. The van der Waals surface area contributed by atoms with Crippen LogP contribution in [0.5, 0.6) is 0 Å². The predicted octanol–water partition coefficient (Wildman–Crippen LogP) is 2.48. The van der Waals surface area contributed by atoms with E-state index in [-0.39, 0.29) is 11.6 Å². The monoisotopic (exact) mass is 279 g/mol. The standard InChI is InChI=1S/C15H25N3O2/c1-5-13-8-12(15(19)20)9-14(17-13)16-11(4)10-18(6-2)7-3/h8-9,11H,5-7,10H2,1-4H3,(H,16,17)(H,19,20). The molecule has 20 heavy (non-hydrogen) atoms. The molecule has 5 nitrogen and oxygen atoms in total. The quantitative estimate of drug-likeness (QED) is 0.765. The van der Waals surface area contributed by atoms with Crippen molar-refractivity contribution in [2.24, 2.45) is 0 Å². The van der Waals surface area contributed by atoms with Gasteiger partial charge in [0.2, 0.25) is 0 Å². The Kier molecular flexibility index (Phi) is 6.45. The molecular weight excluding hydrogens is 254 g/mol. The molecule has 0 saturated carbocycles. The second kappa shape index (κ2) is 7.85. The molecule has 0 aromatic carbocycles. The minimum Gasteiger partial charge on any atom is -0.478 e. The second-order valence-electron chi connectivity index (χ2n) is 4.92. The summed E-state index contributed by atoms with van der Waals surface area (Å²) in [4.78, 5) is 17.9. The molecule has 1 rings (SSSR count). The lowest BCUT2D eigenvalue weighted by Crippen LogP contribution is -2.35. The normalized spacial score (nSPS) is 12.4. The van der Waals surface area contributed by atoms with E-state index in [2.05, 4.69) is 36.0 Å². The molecule has 1 heterocycles. The molecule has 1 atom stereocenters. The number of anilines is 1. The van der Waals surface area contributed by atoms with E-state index in [4.69, 9.17) is 5.11 Å². The number of hydrogen-bond acceptors (Lipinski definition) is 4. The molecular formula is C15H25N3O2. The Labute approximate surface area is 121 Å². The summed E-state index contributed by atoms with van der Waals surface area (Å²) >= 11 is 0. The van der Waals surface area contributed by atoms with E-state index in [9.17, 15) is 4.79 Å². The first-order valence-electron chi connectivity index (χ1n) is 7.23. The van der Waals surface area contributed by atoms with E-state index in [0.29, 0.717) is 5.82 Å². The van der Waals surface area contributed by atoms with Crippen molar-refractivity contribution >= 4 is 11.8 Å². The average Bonchev–Trinajstić information content (AvgIpc) is 2.44. The minimum absolute atomic E-state index is 0.219. The van der Waals surface area contributed by atoms with Crippen molar-refractivity contribution < 1.29 is 9.90 Å². The van der Waals surface area contributed by atoms with Crippen molar-refractivity contribution in [1.82, 2.24) is 9.88 Å². The molecule has 0 bridgehead atoms. The van der Waals surface area contributed by atoms with Gasteiger partial charge in [-0.05, 0) is 38.6 Å². The van der Waals surface area contributed by atoms with Gasteiger partial charge in [0.25, 0.3) is 0 Å². The Hall–Kier alpha value is -1.62. The smallest absolute Gasteiger partial charge is 0.335 e. The summed E-state index contributed by atoms with van der Waals surface area (Å²) in [5.74, 6) is -0.275. The van der Waals surface area contributed by atoms with Gasteiger partial charge in [-0.25, -0.2) is 9.78 Å². The van der Waals surface area contributed by atoms with Crippen LogP contribution in [0.15, 0.2) is 12.1 Å². The fourth-order valence-electron chi connectivity index (χ4n) is 2.13. The minimum atomic E-state index is -0.915. The fourth-order valence-corrected chi connectivity index (χ4v) is 2.13. The molecule has 2 N–H and O–H groups in total. The first-order valence-corrected chi connectivity index (χ1v) is 7.23. The summed E-state index contributed by atoms with van der Waals surface area (Å²) < 4.78 is 0. The summed E-state index contributed by atoms with van der Waals surface area (Å²) in [6.07, 6.45) is 0.722. The maximum absolute atomic E-state index is 11.1. The van der Waals surface area contributed by atoms with Crippen LogP contribution in [0, 0.1) is 0 Å². The summed E-state index contributed by atoms with van der Waals surface area (Å²) in [7, 11) is 0. The molecule has 1 aromatic rings. The van der Waals surface area contributed by atoms with Crippen LogP contribution in [0.2, 0.25) is 0 Å². The molecule has 0 aliphatic heterocycles. The molecule has 0 amide bonds. The number of carboxylic acid groups (broad SMARTS) is 1. The van der Waals surface area contributed by atoms with Gasteiger partial charge in [-0.2, -0.15) is 0 Å². The zero-order valence-corrected chi connectivity index (χ0v) is 12.8. The van der Waals surface area contributed by atoms with E-state index in [0.717, 1.165) is 31.7 Å². The van der Waals surface area contributed by atoms with Gasteiger partial charge in [-0.3, -0.25) is 0 Å². The van der Waals surface area contributed by atoms with Gasteiger partial charge >= 0.3 is 5.97 Å². The van der Waals surface area contributed by atoms with Gasteiger partial charge < -0.3 is 15.3 Å². The van der Waals surface area contributed by atoms with Crippen LogP contribution in [-0.4, -0.2) is 46.6 Å². The highest BCUT2D eigenvalue weighted by molar-refractivity contribution is 5.88. The number of aryl methyl sites for hydroxylation is 1. The molecule has 0 aliphatic rings. The number of carboxylic acids is 1. The highest BCUT2D eigenvalue weighted by Crippen LogP contribution is 2.13. The van der Waals surface area contributed by atoms with Crippen molar-refractivity contribution in [3.05, 3.63) is 23.4 Å². The lowest BCUT2D eigenvalue weighted by molar-refractivity contribution is 0.0696. The predicted molar refractivity (Wildman–Crippen MR) is 81.4 cm³/mol. The molecule has 0 saturated heterocycles. The Morgan fingerprint density at radius 1 is 1.35 bits per heavy atom. The van der Waals surface area contributed by atoms with Crippen molar-refractivity contribution in [3.63, 3.8) is 0 Å². The lowest BCUT2D eigenvalue weighted by Gasteiger charge is -2.24. The molecule has 5 heteroatoms. The number of nitrogens with one attached hydrogen (secondary N) is 1. The van der Waals surface area contributed by atoms with Crippen molar-refractivity contribution in [3.8, 4) is 0 Å². The van der Waals surface area contributed by atoms with E-state index >= 15 is 0 Å². The molecule has 0 spiro atoms. The lowest BCUT2D eigenvalue weighted by atomic mass is 10.2. The van der Waals surface area contributed by atoms with E-state index < -0.39 is 5.97 Å². The summed E-state index contributed by atoms with van der Waals surface area (Å²) in [5, 5.41) is 12.4. The highest BCUT2D eigenvalue weighted by Gasteiger charge is 2.11. The number of pyridine rings is 1. The third-order valence-corrected chi connectivity index (χ3v) is 3.31. The zero-order chi connectivity index (χ0) is 15.1. The number of aromatic nitrogens is 1. The highest BCUT2D eigenvalue weighted by atomic mass is 16.4. The van der Waals surface area contributed by atoms with Crippen molar-refractivity contribution in [1.29, 1.82) is 0 Å². The van der Waals surface area contributed by atoms with Crippen LogP contribution in [0.25, 0.3) is 0 Å². The van der Waals surface area contributed by atoms with Gasteiger partial charge in [0.05, 0.1) is 5.56 Å². The van der Waals surface area contributed by atoms with E-state index in [1.807, 2.05) is 6.92 Å². The van der Waals surface area contributed by atoms with Gasteiger partial charge in [0.1, 0.15) is 5.82 Å². The number of rotatable bonds is 8. The largest absolute Gasteiger partial charge is 0.478 e. The van der Waals surface area contributed by atoms with Crippen LogP contribution < -0.4 is 5.32 Å². The van der Waals surface area contributed by atoms with Crippen LogP contribution in [0.3, 0.4) is 0 Å². The summed E-state index contributed by atoms with van der Waals surface area (Å²) in [6.45, 7) is 11.2. The Morgan fingerprint density at radius 3 is 2.50 bits per heavy atom. The number of likely N-dealkylation sites (N-methyl/N-ethyl adjacent to an activating group) is 1. The first kappa shape index (κ1) is 16.4. The molecule has 1 aromatic heterocycles. The molecule has 0 fully saturated rings. The number of hydrogen-bond donors (Lipinski definition) is 2. The van der Waals surface area contributed by atoms with E-state index in [1.165, 1.54) is 0 Å². The van der Waals surface area contributed by atoms with Gasteiger partial charge in [0.15, 0.2) is 0 Å². The fraction of sp³-hybridized carbons (Fsp3) is 0.600. The van der Waals surface area contributed by atoms with Gasteiger partial charge in [-0.1, -0.05) is 20.8 Å². The van der Waals surface area contributed by atoms with Crippen molar-refractivity contribution in [2.45, 2.75) is 40.2 Å². The third kappa shape index (κ3) is 4.81. The van der Waals surface area contributed by atoms with Crippen molar-refractivity contribution in [2.75, 3.05) is 25.0 Å². The SMILES string of the molecule is CCc1cc(C(=O)O)cc(NC(C)CN(CC)CC)n1. The number of aromatic carboxylic acids is 1. The summed E-state index contributed by atoms with van der Waals surface area (Å²) in [5.41, 5.74) is 1.08. The maximum Gasteiger partial charge on any atom is 0.335 e. The van der Waals surface area contributed by atoms with Crippen LogP contribution >= 0.6 is 0 Å². The molecule has 1 unspecified atom stereocenters. The van der Waals surface area contributed by atoms with Gasteiger partial charge in [-0.15, -0.1) is 0 Å². The topological polar surface area (TPSA) is 65.5 Å². The molecule has 0 radical (unpaired) electrons.